The molecule has 0 saturated carbocycles. The van der Waals surface area contributed by atoms with Crippen molar-refractivity contribution in [1.29, 1.82) is 0 Å². The molecule has 2 heterocycles. The van der Waals surface area contributed by atoms with Crippen molar-refractivity contribution in [3.8, 4) is 0 Å². The first kappa shape index (κ1) is 16.1. The van der Waals surface area contributed by atoms with E-state index in [1.807, 2.05) is 6.92 Å². The molecule has 1 saturated heterocycles. The van der Waals surface area contributed by atoms with Crippen molar-refractivity contribution >= 4 is 17.3 Å². The molecular weight excluding hydrogens is 294 g/mol. The minimum absolute atomic E-state index is 0.0380. The second-order valence-electron chi connectivity index (χ2n) is 6.15. The average Bonchev–Trinajstić information content (AvgIpc) is 3.21. The molecule has 3 rings (SSSR count). The number of carbonyl (C=O) groups is 2. The standard InChI is InChI=1S/C17H23N3O3/c1-2-14-19-15-16(22)12(11-13(21)17(15)23-14)18-7-3-4-8-20-9-5-6-10-20/h2-11H2,1H3. The number of Topliss-reactive ketones (excluding diaryl/α,β-unsaturated/α-hetero) is 2. The smallest absolute Gasteiger partial charge is 0.229 e. The zero-order chi connectivity index (χ0) is 16.2. The molecule has 0 radical (unpaired) electrons. The lowest BCUT2D eigenvalue weighted by Crippen LogP contribution is -2.27. The SMILES string of the molecule is CCc1nc2c(o1)C(=O)CC(=NCCCCN1CCCC1)C2=O. The summed E-state index contributed by atoms with van der Waals surface area (Å²) in [5.74, 6) is 0.105. The van der Waals surface area contributed by atoms with Gasteiger partial charge in [-0.2, -0.15) is 0 Å². The third kappa shape index (κ3) is 3.58. The third-order valence-electron chi connectivity index (χ3n) is 4.42. The third-order valence-corrected chi connectivity index (χ3v) is 4.42. The van der Waals surface area contributed by atoms with Crippen LogP contribution >= 0.6 is 0 Å². The van der Waals surface area contributed by atoms with E-state index in [2.05, 4.69) is 14.9 Å². The van der Waals surface area contributed by atoms with Crippen LogP contribution in [0.1, 0.15) is 66.0 Å². The number of hydrogen-bond acceptors (Lipinski definition) is 6. The lowest BCUT2D eigenvalue weighted by Gasteiger charge is -2.13. The first-order valence-electron chi connectivity index (χ1n) is 8.52. The van der Waals surface area contributed by atoms with Gasteiger partial charge in [0.05, 0.1) is 12.1 Å². The Balaban J connectivity index is 1.55. The molecule has 23 heavy (non-hydrogen) atoms. The molecule has 0 bridgehead atoms. The van der Waals surface area contributed by atoms with Crippen LogP contribution in [0, 0.1) is 0 Å². The maximum absolute atomic E-state index is 12.4. The van der Waals surface area contributed by atoms with Crippen LogP contribution in [0.5, 0.6) is 0 Å². The van der Waals surface area contributed by atoms with E-state index in [0.29, 0.717) is 24.6 Å². The fourth-order valence-electron chi connectivity index (χ4n) is 3.10. The second kappa shape index (κ2) is 7.17. The van der Waals surface area contributed by atoms with Gasteiger partial charge in [0.1, 0.15) is 0 Å². The number of aryl methyl sites for hydroxylation is 1. The fraction of sp³-hybridized carbons (Fsp3) is 0.647. The van der Waals surface area contributed by atoms with E-state index in [0.717, 1.165) is 19.4 Å². The number of oxazole rings is 1. The number of aliphatic imine (C=N–C) groups is 1. The summed E-state index contributed by atoms with van der Waals surface area (Å²) >= 11 is 0. The Bertz CT molecular complexity index is 627. The number of rotatable bonds is 6. The molecule has 0 spiro atoms. The van der Waals surface area contributed by atoms with Crippen LogP contribution in [0.15, 0.2) is 9.41 Å². The van der Waals surface area contributed by atoms with Gasteiger partial charge < -0.3 is 9.32 Å². The van der Waals surface area contributed by atoms with Crippen LogP contribution in [0.3, 0.4) is 0 Å². The number of carbonyl (C=O) groups excluding carboxylic acids is 2. The van der Waals surface area contributed by atoms with Gasteiger partial charge in [-0.05, 0) is 45.3 Å². The van der Waals surface area contributed by atoms with Gasteiger partial charge in [0.25, 0.3) is 0 Å². The van der Waals surface area contributed by atoms with E-state index in [4.69, 9.17) is 4.42 Å². The largest absolute Gasteiger partial charge is 0.437 e. The molecule has 0 atom stereocenters. The first-order chi connectivity index (χ1) is 11.2. The molecule has 1 aliphatic carbocycles. The van der Waals surface area contributed by atoms with Crippen molar-refractivity contribution in [1.82, 2.24) is 9.88 Å². The minimum Gasteiger partial charge on any atom is -0.437 e. The van der Waals surface area contributed by atoms with E-state index in [1.54, 1.807) is 0 Å². The predicted molar refractivity (Wildman–Crippen MR) is 86.4 cm³/mol. The Morgan fingerprint density at radius 3 is 2.74 bits per heavy atom. The number of nitrogens with zero attached hydrogens (tertiary/aromatic N) is 3. The van der Waals surface area contributed by atoms with E-state index >= 15 is 0 Å². The first-order valence-corrected chi connectivity index (χ1v) is 8.52. The molecule has 124 valence electrons. The highest BCUT2D eigenvalue weighted by Crippen LogP contribution is 2.21. The molecule has 0 unspecified atom stereocenters. The van der Waals surface area contributed by atoms with Crippen molar-refractivity contribution in [2.45, 2.75) is 45.4 Å². The lowest BCUT2D eigenvalue weighted by molar-refractivity contribution is 0.0938. The van der Waals surface area contributed by atoms with Gasteiger partial charge in [-0.25, -0.2) is 4.98 Å². The van der Waals surface area contributed by atoms with Crippen molar-refractivity contribution in [2.24, 2.45) is 4.99 Å². The minimum atomic E-state index is -0.248. The molecule has 2 aliphatic rings. The van der Waals surface area contributed by atoms with Gasteiger partial charge in [-0.1, -0.05) is 6.92 Å². The summed E-state index contributed by atoms with van der Waals surface area (Å²) in [5, 5.41) is 0. The number of ketones is 2. The molecule has 0 amide bonds. The molecule has 0 aromatic carbocycles. The highest BCUT2D eigenvalue weighted by molar-refractivity contribution is 6.51. The summed E-state index contributed by atoms with van der Waals surface area (Å²) in [5.41, 5.74) is 0.480. The van der Waals surface area contributed by atoms with Crippen molar-refractivity contribution in [3.05, 3.63) is 17.3 Å². The van der Waals surface area contributed by atoms with E-state index in [-0.39, 0.29) is 29.4 Å². The maximum atomic E-state index is 12.4. The predicted octanol–water partition coefficient (Wildman–Crippen LogP) is 2.32. The zero-order valence-electron chi connectivity index (χ0n) is 13.6. The Labute approximate surface area is 136 Å². The van der Waals surface area contributed by atoms with Crippen LogP contribution in [0.4, 0.5) is 0 Å². The van der Waals surface area contributed by atoms with E-state index in [9.17, 15) is 9.59 Å². The summed E-state index contributed by atoms with van der Waals surface area (Å²) < 4.78 is 5.34. The molecule has 1 aromatic heterocycles. The fourth-order valence-corrected chi connectivity index (χ4v) is 3.10. The van der Waals surface area contributed by atoms with Gasteiger partial charge >= 0.3 is 0 Å². The van der Waals surface area contributed by atoms with Crippen molar-refractivity contribution in [2.75, 3.05) is 26.2 Å². The topological polar surface area (TPSA) is 75.8 Å². The molecular formula is C17H23N3O3. The maximum Gasteiger partial charge on any atom is 0.229 e. The molecule has 0 N–H and O–H groups in total. The summed E-state index contributed by atoms with van der Waals surface area (Å²) in [6.07, 6.45) is 5.23. The normalized spacial score (nSPS) is 20.5. The monoisotopic (exact) mass is 317 g/mol. The van der Waals surface area contributed by atoms with Crippen LogP contribution in [0.25, 0.3) is 0 Å². The summed E-state index contributed by atoms with van der Waals surface area (Å²) in [4.78, 5) is 35.4. The highest BCUT2D eigenvalue weighted by Gasteiger charge is 2.34. The van der Waals surface area contributed by atoms with E-state index in [1.165, 1.54) is 25.9 Å². The van der Waals surface area contributed by atoms with Crippen molar-refractivity contribution in [3.63, 3.8) is 0 Å². The summed E-state index contributed by atoms with van der Waals surface area (Å²) in [6, 6.07) is 0. The van der Waals surface area contributed by atoms with Crippen LogP contribution in [0.2, 0.25) is 0 Å². The van der Waals surface area contributed by atoms with Crippen LogP contribution < -0.4 is 0 Å². The van der Waals surface area contributed by atoms with Gasteiger partial charge in [0.2, 0.25) is 17.3 Å². The van der Waals surface area contributed by atoms with Gasteiger partial charge in [-0.15, -0.1) is 0 Å². The molecule has 1 fully saturated rings. The van der Waals surface area contributed by atoms with Crippen LogP contribution in [-0.4, -0.2) is 53.3 Å². The number of likely N-dealkylation sites (tertiary alicyclic amines) is 1. The number of fused-ring (bicyclic) bond motifs is 1. The Morgan fingerprint density at radius 2 is 2.00 bits per heavy atom. The van der Waals surface area contributed by atoms with E-state index < -0.39 is 0 Å². The zero-order valence-corrected chi connectivity index (χ0v) is 13.6. The van der Waals surface area contributed by atoms with Gasteiger partial charge in [-0.3, -0.25) is 14.6 Å². The molecule has 6 nitrogen and oxygen atoms in total. The van der Waals surface area contributed by atoms with Gasteiger partial charge in [0.15, 0.2) is 11.6 Å². The Kier molecular flexibility index (Phi) is 5.00. The Morgan fingerprint density at radius 1 is 1.22 bits per heavy atom. The average molecular weight is 317 g/mol. The Hall–Kier alpha value is -1.82. The van der Waals surface area contributed by atoms with Gasteiger partial charge in [0, 0.05) is 13.0 Å². The molecule has 1 aromatic rings. The summed E-state index contributed by atoms with van der Waals surface area (Å²) in [6.45, 7) is 5.98. The van der Waals surface area contributed by atoms with Crippen LogP contribution in [-0.2, 0) is 6.42 Å². The second-order valence-corrected chi connectivity index (χ2v) is 6.15. The summed E-state index contributed by atoms with van der Waals surface area (Å²) in [7, 11) is 0. The lowest BCUT2D eigenvalue weighted by atomic mass is 9.97. The molecule has 6 heteroatoms. The number of aromatic nitrogens is 1. The number of hydrogen-bond donors (Lipinski definition) is 0. The van der Waals surface area contributed by atoms with Crippen molar-refractivity contribution < 1.29 is 14.0 Å². The quantitative estimate of drug-likeness (QED) is 0.753. The highest BCUT2D eigenvalue weighted by atomic mass is 16.4. The number of unbranched alkanes of at least 4 members (excludes halogenated alkanes) is 1. The molecule has 1 aliphatic heterocycles.